The van der Waals surface area contributed by atoms with Crippen molar-refractivity contribution >= 4 is 39.2 Å². The molecule has 0 atom stereocenters. The molecule has 3 rings (SSSR count). The number of piperidine rings is 1. The van der Waals surface area contributed by atoms with Crippen molar-refractivity contribution in [3.63, 3.8) is 0 Å². The van der Waals surface area contributed by atoms with E-state index in [1.807, 2.05) is 0 Å². The summed E-state index contributed by atoms with van der Waals surface area (Å²) in [7, 11) is -2.32. The Kier molecular flexibility index (Phi) is 7.76. The number of benzene rings is 2. The van der Waals surface area contributed by atoms with E-state index < -0.39 is 21.9 Å². The lowest BCUT2D eigenvalue weighted by Gasteiger charge is -2.26. The SMILES string of the molecule is CCOC(=O)c1ccc(NC(=O)c2cc(S(=O)(=O)N3CCCCC3)ccc2OC)cc1Cl. The number of nitrogens with zero attached hydrogens (tertiary/aromatic N) is 1. The molecular weight excluding hydrogens is 456 g/mol. The number of hydrogen-bond donors (Lipinski definition) is 1. The van der Waals surface area contributed by atoms with Crippen LogP contribution < -0.4 is 10.1 Å². The van der Waals surface area contributed by atoms with Gasteiger partial charge in [-0.2, -0.15) is 4.31 Å². The van der Waals surface area contributed by atoms with Crippen LogP contribution in [0.25, 0.3) is 0 Å². The number of halogens is 1. The molecular formula is C22H25ClN2O6S. The minimum atomic E-state index is -3.72. The third-order valence-corrected chi connectivity index (χ3v) is 7.30. The Hall–Kier alpha value is -2.62. The number of rotatable bonds is 7. The molecule has 2 aromatic carbocycles. The summed E-state index contributed by atoms with van der Waals surface area (Å²) in [5, 5.41) is 2.79. The number of sulfonamides is 1. The molecule has 0 bridgehead atoms. The van der Waals surface area contributed by atoms with E-state index in [-0.39, 0.29) is 33.4 Å². The third kappa shape index (κ3) is 5.23. The van der Waals surface area contributed by atoms with Crippen LogP contribution in [0.3, 0.4) is 0 Å². The van der Waals surface area contributed by atoms with E-state index in [4.69, 9.17) is 21.1 Å². The molecule has 0 aromatic heterocycles. The number of amides is 1. The maximum atomic E-state index is 13.0. The van der Waals surface area contributed by atoms with Crippen LogP contribution in [-0.4, -0.2) is 51.4 Å². The fraction of sp³-hybridized carbons (Fsp3) is 0.364. The second-order valence-electron chi connectivity index (χ2n) is 7.20. The van der Waals surface area contributed by atoms with Gasteiger partial charge in [0, 0.05) is 18.8 Å². The molecule has 0 aliphatic carbocycles. The highest BCUT2D eigenvalue weighted by molar-refractivity contribution is 7.89. The van der Waals surface area contributed by atoms with Crippen molar-refractivity contribution in [3.05, 3.63) is 52.5 Å². The molecule has 10 heteroatoms. The lowest BCUT2D eigenvalue weighted by molar-refractivity contribution is 0.0526. The smallest absolute Gasteiger partial charge is 0.339 e. The molecule has 1 aliphatic heterocycles. The Morgan fingerprint density at radius 3 is 2.41 bits per heavy atom. The van der Waals surface area contributed by atoms with Gasteiger partial charge in [-0.3, -0.25) is 4.79 Å². The summed E-state index contributed by atoms with van der Waals surface area (Å²) in [6, 6.07) is 8.59. The van der Waals surface area contributed by atoms with Crippen molar-refractivity contribution in [1.82, 2.24) is 4.31 Å². The number of esters is 1. The Morgan fingerprint density at radius 1 is 1.06 bits per heavy atom. The van der Waals surface area contributed by atoms with E-state index in [1.54, 1.807) is 6.92 Å². The molecule has 8 nitrogen and oxygen atoms in total. The molecule has 0 spiro atoms. The van der Waals surface area contributed by atoms with Crippen molar-refractivity contribution in [2.75, 3.05) is 32.1 Å². The van der Waals surface area contributed by atoms with Crippen LogP contribution in [0.4, 0.5) is 5.69 Å². The van der Waals surface area contributed by atoms with Crippen molar-refractivity contribution in [2.24, 2.45) is 0 Å². The van der Waals surface area contributed by atoms with Crippen LogP contribution in [0.15, 0.2) is 41.3 Å². The molecule has 0 saturated carbocycles. The summed E-state index contributed by atoms with van der Waals surface area (Å²) in [5.41, 5.74) is 0.578. The minimum absolute atomic E-state index is 0.0287. The summed E-state index contributed by atoms with van der Waals surface area (Å²) in [4.78, 5) is 24.9. The number of hydrogen-bond acceptors (Lipinski definition) is 6. The van der Waals surface area contributed by atoms with E-state index >= 15 is 0 Å². The highest BCUT2D eigenvalue weighted by Crippen LogP contribution is 2.28. The predicted molar refractivity (Wildman–Crippen MR) is 121 cm³/mol. The molecule has 1 fully saturated rings. The fourth-order valence-corrected chi connectivity index (χ4v) is 5.25. The fourth-order valence-electron chi connectivity index (χ4n) is 3.44. The number of anilines is 1. The lowest BCUT2D eigenvalue weighted by atomic mass is 10.1. The summed E-state index contributed by atoms with van der Waals surface area (Å²) >= 11 is 6.16. The van der Waals surface area contributed by atoms with Crippen molar-refractivity contribution in [2.45, 2.75) is 31.1 Å². The van der Waals surface area contributed by atoms with Crippen molar-refractivity contribution in [1.29, 1.82) is 0 Å². The predicted octanol–water partition coefficient (Wildman–Crippen LogP) is 3.95. The van der Waals surface area contributed by atoms with E-state index in [0.717, 1.165) is 19.3 Å². The van der Waals surface area contributed by atoms with Crippen molar-refractivity contribution in [3.8, 4) is 5.75 Å². The first-order valence-corrected chi connectivity index (χ1v) is 12.1. The molecule has 1 amide bonds. The number of nitrogens with one attached hydrogen (secondary N) is 1. The first kappa shape index (κ1) is 24.0. The first-order valence-electron chi connectivity index (χ1n) is 10.2. The number of carbonyl (C=O) groups is 2. The number of ether oxygens (including phenoxy) is 2. The van der Waals surface area contributed by atoms with E-state index in [9.17, 15) is 18.0 Å². The molecule has 0 radical (unpaired) electrons. The van der Waals surface area contributed by atoms with Crippen LogP contribution in [0.2, 0.25) is 5.02 Å². The zero-order valence-corrected chi connectivity index (χ0v) is 19.5. The molecule has 0 unspecified atom stereocenters. The number of methoxy groups -OCH3 is 1. The summed E-state index contributed by atoms with van der Waals surface area (Å²) in [6.07, 6.45) is 2.62. The van der Waals surface area contributed by atoms with E-state index in [1.165, 1.54) is 47.8 Å². The third-order valence-electron chi connectivity index (χ3n) is 5.09. The van der Waals surface area contributed by atoms with Crippen LogP contribution in [-0.2, 0) is 14.8 Å². The lowest BCUT2D eigenvalue weighted by Crippen LogP contribution is -2.35. The molecule has 1 heterocycles. The molecule has 1 N–H and O–H groups in total. The molecule has 1 saturated heterocycles. The summed E-state index contributed by atoms with van der Waals surface area (Å²) in [5.74, 6) is -0.903. The van der Waals surface area contributed by atoms with Crippen LogP contribution in [0, 0.1) is 0 Å². The van der Waals surface area contributed by atoms with Gasteiger partial charge in [0.2, 0.25) is 10.0 Å². The monoisotopic (exact) mass is 480 g/mol. The minimum Gasteiger partial charge on any atom is -0.496 e. The Morgan fingerprint density at radius 2 is 1.78 bits per heavy atom. The average molecular weight is 481 g/mol. The zero-order valence-electron chi connectivity index (χ0n) is 17.9. The Bertz CT molecular complexity index is 1110. The highest BCUT2D eigenvalue weighted by atomic mass is 35.5. The normalized spacial score (nSPS) is 14.6. The van der Waals surface area contributed by atoms with Gasteiger partial charge in [0.25, 0.3) is 5.91 Å². The molecule has 1 aliphatic rings. The Labute approximate surface area is 192 Å². The van der Waals surface area contributed by atoms with Gasteiger partial charge in [0.1, 0.15) is 5.75 Å². The van der Waals surface area contributed by atoms with E-state index in [2.05, 4.69) is 5.32 Å². The second kappa shape index (κ2) is 10.3. The quantitative estimate of drug-likeness (QED) is 0.602. The number of carbonyl (C=O) groups excluding carboxylic acids is 2. The summed E-state index contributed by atoms with van der Waals surface area (Å²) in [6.45, 7) is 2.82. The van der Waals surface area contributed by atoms with Gasteiger partial charge in [-0.15, -0.1) is 0 Å². The van der Waals surface area contributed by atoms with Gasteiger partial charge in [-0.1, -0.05) is 18.0 Å². The summed E-state index contributed by atoms with van der Waals surface area (Å²) < 4.78 is 37.7. The topological polar surface area (TPSA) is 102 Å². The van der Waals surface area contributed by atoms with Gasteiger partial charge >= 0.3 is 5.97 Å². The molecule has 2 aromatic rings. The van der Waals surface area contributed by atoms with E-state index in [0.29, 0.717) is 18.8 Å². The Balaban J connectivity index is 1.87. The van der Waals surface area contributed by atoms with Crippen LogP contribution >= 0.6 is 11.6 Å². The average Bonchev–Trinajstić information content (AvgIpc) is 2.79. The molecule has 172 valence electrons. The molecule has 32 heavy (non-hydrogen) atoms. The van der Waals surface area contributed by atoms with Crippen molar-refractivity contribution < 1.29 is 27.5 Å². The largest absolute Gasteiger partial charge is 0.496 e. The van der Waals surface area contributed by atoms with Gasteiger partial charge in [-0.25, -0.2) is 13.2 Å². The second-order valence-corrected chi connectivity index (χ2v) is 9.54. The maximum absolute atomic E-state index is 13.0. The van der Waals surface area contributed by atoms with Gasteiger partial charge in [0.15, 0.2) is 0 Å². The first-order chi connectivity index (χ1) is 15.3. The van der Waals surface area contributed by atoms with Gasteiger partial charge < -0.3 is 14.8 Å². The van der Waals surface area contributed by atoms with Crippen LogP contribution in [0.1, 0.15) is 46.9 Å². The van der Waals surface area contributed by atoms with Gasteiger partial charge in [0.05, 0.1) is 34.8 Å². The van der Waals surface area contributed by atoms with Crippen LogP contribution in [0.5, 0.6) is 5.75 Å². The highest BCUT2D eigenvalue weighted by Gasteiger charge is 2.27. The van der Waals surface area contributed by atoms with Gasteiger partial charge in [-0.05, 0) is 56.2 Å². The maximum Gasteiger partial charge on any atom is 0.339 e. The standard InChI is InChI=1S/C22H25ClN2O6S/c1-3-31-22(27)17-9-7-15(13-19(17)23)24-21(26)18-14-16(8-10-20(18)30-2)32(28,29)25-11-5-4-6-12-25/h7-10,13-14H,3-6,11-12H2,1-2H3,(H,24,26). The zero-order chi connectivity index (χ0) is 23.3.